The van der Waals surface area contributed by atoms with Gasteiger partial charge in [-0.15, -0.1) is 0 Å². The van der Waals surface area contributed by atoms with E-state index in [1.54, 1.807) is 0 Å². The van der Waals surface area contributed by atoms with Gasteiger partial charge in [0, 0.05) is 0 Å². The molecule has 0 spiro atoms. The maximum absolute atomic E-state index is 13.2. The van der Waals surface area contributed by atoms with Crippen LogP contribution in [-0.2, 0) is 14.3 Å². The quantitative estimate of drug-likeness (QED) is 0.0215. The molecule has 9 unspecified atom stereocenters. The zero-order valence-electron chi connectivity index (χ0n) is 49.8. The summed E-state index contributed by atoms with van der Waals surface area (Å²) in [5.41, 5.74) is 0. The van der Waals surface area contributed by atoms with Crippen molar-refractivity contribution >= 4 is 5.91 Å². The van der Waals surface area contributed by atoms with Crippen molar-refractivity contribution in [3.63, 3.8) is 0 Å². The lowest BCUT2D eigenvalue weighted by molar-refractivity contribution is -0.303. The molecule has 1 amide bonds. The van der Waals surface area contributed by atoms with Crippen LogP contribution in [0.3, 0.4) is 0 Å². The number of ether oxygens (including phenoxy) is 2. The second kappa shape index (κ2) is 54.4. The minimum absolute atomic E-state index is 0.264. The summed E-state index contributed by atoms with van der Waals surface area (Å²) in [6.45, 7) is 3.51. The first-order valence-corrected chi connectivity index (χ1v) is 33.1. The minimum Gasteiger partial charge on any atom is -0.394 e. The Bertz CT molecular complexity index is 1240. The Labute approximate surface area is 468 Å². The molecule has 0 aromatic carbocycles. The van der Waals surface area contributed by atoms with E-state index in [0.29, 0.717) is 19.3 Å². The number of carbonyl (C=O) groups is 1. The molecule has 1 aliphatic rings. The van der Waals surface area contributed by atoms with Crippen molar-refractivity contribution in [3.05, 3.63) is 12.2 Å². The molecule has 0 saturated carbocycles. The highest BCUT2D eigenvalue weighted by Gasteiger charge is 2.44. The topological polar surface area (TPSA) is 189 Å². The SMILES string of the molecule is CCCCCCCCCCCCCC/C=C\CCCCCCCCCCCCCCCCC(O)C(=O)NC(COC1OC(CO)C(O)C(O)C1O)C(O)C(O)CCCCCCCCCCCCCCCCCCCCC. The van der Waals surface area contributed by atoms with Crippen LogP contribution in [0.4, 0.5) is 0 Å². The van der Waals surface area contributed by atoms with Crippen LogP contribution < -0.4 is 5.32 Å². The summed E-state index contributed by atoms with van der Waals surface area (Å²) >= 11 is 0. The number of hydrogen-bond donors (Lipinski definition) is 8. The van der Waals surface area contributed by atoms with Crippen LogP contribution in [0.1, 0.15) is 328 Å². The van der Waals surface area contributed by atoms with Crippen LogP contribution in [0.25, 0.3) is 0 Å². The zero-order chi connectivity index (χ0) is 55.4. The lowest BCUT2D eigenvalue weighted by Gasteiger charge is -2.40. The number of aliphatic hydroxyl groups is 7. The number of rotatable bonds is 58. The molecule has 1 aliphatic heterocycles. The molecule has 76 heavy (non-hydrogen) atoms. The number of unbranched alkanes of at least 4 members (excludes halogenated alkanes) is 44. The first kappa shape index (κ1) is 72.9. The van der Waals surface area contributed by atoms with E-state index in [9.17, 15) is 40.5 Å². The van der Waals surface area contributed by atoms with E-state index < -0.39 is 74.2 Å². The third kappa shape index (κ3) is 41.8. The average Bonchev–Trinajstić information content (AvgIpc) is 3.42. The van der Waals surface area contributed by atoms with Crippen LogP contribution in [0.15, 0.2) is 12.2 Å². The molecule has 1 saturated heterocycles. The van der Waals surface area contributed by atoms with Crippen molar-refractivity contribution in [3.8, 4) is 0 Å². The number of carbonyl (C=O) groups excluding carboxylic acids is 1. The first-order valence-electron chi connectivity index (χ1n) is 33.1. The van der Waals surface area contributed by atoms with Crippen molar-refractivity contribution in [2.24, 2.45) is 0 Å². The molecular formula is C65H127NO10. The molecule has 11 heteroatoms. The Kier molecular flexibility index (Phi) is 52.2. The van der Waals surface area contributed by atoms with Crippen molar-refractivity contribution in [1.82, 2.24) is 5.32 Å². The Hall–Kier alpha value is -1.15. The summed E-state index contributed by atoms with van der Waals surface area (Å²) in [5, 5.41) is 76.4. The van der Waals surface area contributed by atoms with Crippen LogP contribution in [0.2, 0.25) is 0 Å². The monoisotopic (exact) mass is 1080 g/mol. The smallest absolute Gasteiger partial charge is 0.249 e. The maximum atomic E-state index is 13.2. The van der Waals surface area contributed by atoms with Gasteiger partial charge in [-0.3, -0.25) is 4.79 Å². The second-order valence-corrected chi connectivity index (χ2v) is 23.5. The van der Waals surface area contributed by atoms with E-state index in [1.807, 2.05) is 0 Å². The predicted octanol–water partition coefficient (Wildman–Crippen LogP) is 15.1. The van der Waals surface area contributed by atoms with Gasteiger partial charge in [0.15, 0.2) is 6.29 Å². The van der Waals surface area contributed by atoms with Crippen molar-refractivity contribution < 1.29 is 50.0 Å². The summed E-state index contributed by atoms with van der Waals surface area (Å²) < 4.78 is 11.2. The molecule has 1 heterocycles. The molecule has 0 aromatic rings. The van der Waals surface area contributed by atoms with E-state index in [1.165, 1.54) is 250 Å². The molecular weight excluding hydrogens is 955 g/mol. The van der Waals surface area contributed by atoms with Crippen LogP contribution >= 0.6 is 0 Å². The Morgan fingerprint density at radius 3 is 1.11 bits per heavy atom. The van der Waals surface area contributed by atoms with E-state index in [2.05, 4.69) is 31.3 Å². The largest absolute Gasteiger partial charge is 0.394 e. The second-order valence-electron chi connectivity index (χ2n) is 23.5. The molecule has 452 valence electrons. The number of nitrogens with one attached hydrogen (secondary N) is 1. The standard InChI is InChI=1S/C65H127NO10/c1-3-5-7-9-11-13-15-17-19-21-23-24-25-26-27-28-29-30-31-32-33-35-37-39-41-43-45-47-49-51-53-58(69)64(74)66-56(55-75-65-63(73)62(72)61(71)59(54-67)76-65)60(70)57(68)52-50-48-46-44-42-40-38-36-34-22-20-18-16-14-12-10-8-6-4-2/h26-27,56-63,65,67-73H,3-25,28-55H2,1-2H3,(H,66,74)/b27-26-. The molecule has 0 radical (unpaired) electrons. The number of amides is 1. The summed E-state index contributed by atoms with van der Waals surface area (Å²) in [5.74, 6) is -0.690. The van der Waals surface area contributed by atoms with Crippen LogP contribution in [0.5, 0.6) is 0 Å². The van der Waals surface area contributed by atoms with Gasteiger partial charge < -0.3 is 50.5 Å². The molecule has 11 nitrogen and oxygen atoms in total. The lowest BCUT2D eigenvalue weighted by atomic mass is 9.98. The number of allylic oxidation sites excluding steroid dienone is 2. The minimum atomic E-state index is -1.66. The molecule has 0 aliphatic carbocycles. The molecule has 0 bridgehead atoms. The summed E-state index contributed by atoms with van der Waals surface area (Å²) in [6, 6.07) is -1.17. The lowest BCUT2D eigenvalue weighted by Crippen LogP contribution is -2.60. The maximum Gasteiger partial charge on any atom is 0.249 e. The average molecular weight is 1080 g/mol. The summed E-state index contributed by atoms with van der Waals surface area (Å²) in [6.07, 6.45) is 54.2. The van der Waals surface area contributed by atoms with Gasteiger partial charge in [-0.25, -0.2) is 0 Å². The molecule has 0 aromatic heterocycles. The van der Waals surface area contributed by atoms with E-state index >= 15 is 0 Å². The van der Waals surface area contributed by atoms with Gasteiger partial charge in [-0.1, -0.05) is 302 Å². The fourth-order valence-electron chi connectivity index (χ4n) is 11.0. The van der Waals surface area contributed by atoms with Crippen molar-refractivity contribution in [2.45, 2.75) is 384 Å². The van der Waals surface area contributed by atoms with Crippen molar-refractivity contribution in [2.75, 3.05) is 13.2 Å². The normalized spacial score (nSPS) is 19.6. The Morgan fingerprint density at radius 1 is 0.447 bits per heavy atom. The fraction of sp³-hybridized carbons (Fsp3) is 0.954. The Balaban J connectivity index is 2.20. The van der Waals surface area contributed by atoms with E-state index in [0.717, 1.165) is 38.5 Å². The highest BCUT2D eigenvalue weighted by atomic mass is 16.7. The molecule has 8 N–H and O–H groups in total. The van der Waals surface area contributed by atoms with Gasteiger partial charge in [0.05, 0.1) is 25.4 Å². The third-order valence-electron chi connectivity index (χ3n) is 16.3. The van der Waals surface area contributed by atoms with E-state index in [-0.39, 0.29) is 6.42 Å². The van der Waals surface area contributed by atoms with Gasteiger partial charge >= 0.3 is 0 Å². The Morgan fingerprint density at radius 2 is 0.763 bits per heavy atom. The molecule has 9 atom stereocenters. The number of aliphatic hydroxyl groups excluding tert-OH is 7. The first-order chi connectivity index (χ1) is 37.2. The van der Waals surface area contributed by atoms with Gasteiger partial charge in [0.1, 0.15) is 36.6 Å². The number of hydrogen-bond acceptors (Lipinski definition) is 10. The fourth-order valence-corrected chi connectivity index (χ4v) is 11.0. The van der Waals surface area contributed by atoms with Gasteiger partial charge in [0.25, 0.3) is 0 Å². The van der Waals surface area contributed by atoms with Gasteiger partial charge in [0.2, 0.25) is 5.91 Å². The van der Waals surface area contributed by atoms with Crippen LogP contribution in [-0.4, -0.2) is 110 Å². The highest BCUT2D eigenvalue weighted by Crippen LogP contribution is 2.24. The molecule has 1 rings (SSSR count). The van der Waals surface area contributed by atoms with E-state index in [4.69, 9.17) is 9.47 Å². The zero-order valence-corrected chi connectivity index (χ0v) is 49.8. The van der Waals surface area contributed by atoms with Gasteiger partial charge in [-0.05, 0) is 38.5 Å². The predicted molar refractivity (Wildman–Crippen MR) is 316 cm³/mol. The highest BCUT2D eigenvalue weighted by molar-refractivity contribution is 5.80. The molecule has 1 fully saturated rings. The van der Waals surface area contributed by atoms with Crippen molar-refractivity contribution in [1.29, 1.82) is 0 Å². The van der Waals surface area contributed by atoms with Crippen LogP contribution in [0, 0.1) is 0 Å². The van der Waals surface area contributed by atoms with Gasteiger partial charge in [-0.2, -0.15) is 0 Å². The summed E-state index contributed by atoms with van der Waals surface area (Å²) in [7, 11) is 0. The summed E-state index contributed by atoms with van der Waals surface area (Å²) in [4.78, 5) is 13.2. The third-order valence-corrected chi connectivity index (χ3v) is 16.3.